The van der Waals surface area contributed by atoms with Crippen LogP contribution in [0.25, 0.3) is 0 Å². The molecule has 0 aromatic heterocycles. The Hall–Kier alpha value is -1.35. The smallest absolute Gasteiger partial charge is 0.234 e. The summed E-state index contributed by atoms with van der Waals surface area (Å²) in [5.74, 6) is 0.250. The van der Waals surface area contributed by atoms with Gasteiger partial charge in [0.25, 0.3) is 0 Å². The number of anilines is 1. The number of rotatable bonds is 4. The Bertz CT molecular complexity index is 478. The van der Waals surface area contributed by atoms with E-state index in [1.165, 1.54) is 5.56 Å². The van der Waals surface area contributed by atoms with E-state index in [4.69, 9.17) is 0 Å². The first-order chi connectivity index (χ1) is 9.00. The summed E-state index contributed by atoms with van der Waals surface area (Å²) in [6, 6.07) is 6.25. The molecule has 0 heterocycles. The zero-order chi connectivity index (χ0) is 14.0. The van der Waals surface area contributed by atoms with Gasteiger partial charge in [-0.15, -0.1) is 0 Å². The molecule has 0 saturated heterocycles. The molecule has 1 aliphatic rings. The van der Waals surface area contributed by atoms with Gasteiger partial charge in [0.1, 0.15) is 0 Å². The molecule has 0 spiro atoms. The van der Waals surface area contributed by atoms with Gasteiger partial charge in [0.15, 0.2) is 0 Å². The third kappa shape index (κ3) is 2.52. The Labute approximate surface area is 116 Å². The van der Waals surface area contributed by atoms with E-state index in [0.717, 1.165) is 37.1 Å². The summed E-state index contributed by atoms with van der Waals surface area (Å²) in [7, 11) is 3.82. The zero-order valence-corrected chi connectivity index (χ0v) is 12.4. The minimum atomic E-state index is -0.180. The first-order valence-corrected chi connectivity index (χ1v) is 7.00. The maximum absolute atomic E-state index is 12.8. The van der Waals surface area contributed by atoms with Crippen LogP contribution in [0.3, 0.4) is 0 Å². The lowest BCUT2D eigenvalue weighted by molar-refractivity contribution is -0.132. The lowest BCUT2D eigenvalue weighted by atomic mass is 9.67. The molecule has 1 aromatic carbocycles. The summed E-state index contributed by atoms with van der Waals surface area (Å²) in [6.07, 6.45) is 3.16. The fraction of sp³-hybridized carbons (Fsp3) is 0.562. The van der Waals surface area contributed by atoms with Crippen LogP contribution in [0.2, 0.25) is 0 Å². The Kier molecular flexibility index (Phi) is 3.95. The molecular formula is C16H24N2O. The predicted molar refractivity (Wildman–Crippen MR) is 79.5 cm³/mol. The van der Waals surface area contributed by atoms with Gasteiger partial charge in [0.05, 0.1) is 5.41 Å². The van der Waals surface area contributed by atoms with Crippen LogP contribution in [0.1, 0.15) is 30.4 Å². The van der Waals surface area contributed by atoms with Crippen molar-refractivity contribution in [2.24, 2.45) is 5.41 Å². The average molecular weight is 260 g/mol. The van der Waals surface area contributed by atoms with Crippen molar-refractivity contribution < 1.29 is 4.79 Å². The molecule has 0 radical (unpaired) electrons. The van der Waals surface area contributed by atoms with Crippen molar-refractivity contribution >= 4 is 11.6 Å². The molecule has 1 amide bonds. The fourth-order valence-corrected chi connectivity index (χ4v) is 3.06. The van der Waals surface area contributed by atoms with E-state index in [1.807, 2.05) is 25.1 Å². The van der Waals surface area contributed by atoms with Crippen LogP contribution in [-0.2, 0) is 4.79 Å². The summed E-state index contributed by atoms with van der Waals surface area (Å²) in [4.78, 5) is 14.6. The van der Waals surface area contributed by atoms with E-state index in [9.17, 15) is 4.79 Å². The molecule has 1 aliphatic carbocycles. The normalized spacial score (nSPS) is 16.8. The monoisotopic (exact) mass is 260 g/mol. The molecule has 104 valence electrons. The molecule has 1 N–H and O–H groups in total. The second kappa shape index (κ2) is 5.33. The first-order valence-electron chi connectivity index (χ1n) is 7.00. The van der Waals surface area contributed by atoms with Gasteiger partial charge in [0.2, 0.25) is 5.91 Å². The van der Waals surface area contributed by atoms with Gasteiger partial charge < -0.3 is 10.2 Å². The molecule has 3 heteroatoms. The van der Waals surface area contributed by atoms with Gasteiger partial charge in [-0.2, -0.15) is 0 Å². The lowest BCUT2D eigenvalue weighted by Crippen LogP contribution is -2.51. The number of aryl methyl sites for hydroxylation is 2. The second-order valence-electron chi connectivity index (χ2n) is 5.82. The topological polar surface area (TPSA) is 32.3 Å². The Morgan fingerprint density at radius 1 is 1.37 bits per heavy atom. The minimum absolute atomic E-state index is 0.180. The third-order valence-corrected chi connectivity index (χ3v) is 4.30. The van der Waals surface area contributed by atoms with Crippen molar-refractivity contribution in [3.63, 3.8) is 0 Å². The number of benzene rings is 1. The highest BCUT2D eigenvalue weighted by atomic mass is 16.2. The number of hydrogen-bond donors (Lipinski definition) is 1. The van der Waals surface area contributed by atoms with Crippen molar-refractivity contribution in [3.05, 3.63) is 29.3 Å². The maximum Gasteiger partial charge on any atom is 0.234 e. The van der Waals surface area contributed by atoms with Crippen molar-refractivity contribution in [2.75, 3.05) is 25.5 Å². The number of nitrogens with one attached hydrogen (secondary N) is 1. The molecule has 0 atom stereocenters. The molecule has 1 saturated carbocycles. The van der Waals surface area contributed by atoms with E-state index in [2.05, 4.69) is 31.3 Å². The van der Waals surface area contributed by atoms with Crippen LogP contribution in [-0.4, -0.2) is 26.5 Å². The van der Waals surface area contributed by atoms with Crippen molar-refractivity contribution in [1.82, 2.24) is 5.32 Å². The fourth-order valence-electron chi connectivity index (χ4n) is 3.06. The predicted octanol–water partition coefficient (Wildman–Crippen LogP) is 2.66. The largest absolute Gasteiger partial charge is 0.319 e. The van der Waals surface area contributed by atoms with E-state index in [0.29, 0.717) is 0 Å². The van der Waals surface area contributed by atoms with Gasteiger partial charge in [-0.25, -0.2) is 0 Å². The summed E-state index contributed by atoms with van der Waals surface area (Å²) in [5.41, 5.74) is 3.24. The molecule has 1 aromatic rings. The third-order valence-electron chi connectivity index (χ3n) is 4.30. The molecule has 19 heavy (non-hydrogen) atoms. The van der Waals surface area contributed by atoms with Crippen LogP contribution in [0.5, 0.6) is 0 Å². The van der Waals surface area contributed by atoms with Gasteiger partial charge >= 0.3 is 0 Å². The van der Waals surface area contributed by atoms with Gasteiger partial charge in [-0.3, -0.25) is 4.79 Å². The minimum Gasteiger partial charge on any atom is -0.319 e. The molecule has 0 aliphatic heterocycles. The highest BCUT2D eigenvalue weighted by Crippen LogP contribution is 2.42. The first kappa shape index (κ1) is 14.1. The van der Waals surface area contributed by atoms with Crippen LogP contribution >= 0.6 is 0 Å². The number of amides is 1. The zero-order valence-electron chi connectivity index (χ0n) is 12.4. The van der Waals surface area contributed by atoms with E-state index in [1.54, 1.807) is 0 Å². The Balaban J connectivity index is 2.23. The molecule has 0 bridgehead atoms. The van der Waals surface area contributed by atoms with E-state index < -0.39 is 0 Å². The van der Waals surface area contributed by atoms with Gasteiger partial charge in [0, 0.05) is 19.3 Å². The summed E-state index contributed by atoms with van der Waals surface area (Å²) in [5, 5.41) is 3.17. The maximum atomic E-state index is 12.8. The molecule has 0 unspecified atom stereocenters. The summed E-state index contributed by atoms with van der Waals surface area (Å²) in [6.45, 7) is 4.92. The second-order valence-corrected chi connectivity index (χ2v) is 5.82. The number of carbonyl (C=O) groups excluding carboxylic acids is 1. The number of nitrogens with zero attached hydrogens (tertiary/aromatic N) is 1. The van der Waals surface area contributed by atoms with Crippen LogP contribution in [0.15, 0.2) is 18.2 Å². The number of carbonyl (C=O) groups is 1. The van der Waals surface area contributed by atoms with Gasteiger partial charge in [-0.05, 0) is 45.4 Å². The summed E-state index contributed by atoms with van der Waals surface area (Å²) >= 11 is 0. The Morgan fingerprint density at radius 3 is 2.53 bits per heavy atom. The van der Waals surface area contributed by atoms with Crippen molar-refractivity contribution in [1.29, 1.82) is 0 Å². The average Bonchev–Trinajstić information content (AvgIpc) is 2.32. The van der Waals surface area contributed by atoms with Crippen LogP contribution < -0.4 is 10.2 Å². The van der Waals surface area contributed by atoms with E-state index >= 15 is 0 Å². The van der Waals surface area contributed by atoms with E-state index in [-0.39, 0.29) is 11.3 Å². The van der Waals surface area contributed by atoms with Crippen molar-refractivity contribution in [3.8, 4) is 0 Å². The molecule has 1 fully saturated rings. The van der Waals surface area contributed by atoms with Crippen LogP contribution in [0.4, 0.5) is 5.69 Å². The highest BCUT2D eigenvalue weighted by Gasteiger charge is 2.45. The molecular weight excluding hydrogens is 236 g/mol. The van der Waals surface area contributed by atoms with Gasteiger partial charge in [-0.1, -0.05) is 24.1 Å². The number of hydrogen-bond acceptors (Lipinski definition) is 2. The van der Waals surface area contributed by atoms with Crippen molar-refractivity contribution in [2.45, 2.75) is 33.1 Å². The highest BCUT2D eigenvalue weighted by molar-refractivity contribution is 5.98. The van der Waals surface area contributed by atoms with Crippen LogP contribution in [0, 0.1) is 19.3 Å². The molecule has 3 nitrogen and oxygen atoms in total. The standard InChI is InChI=1S/C16H24N2O/c1-12-6-7-14(13(2)10-12)18(4)15(19)16(11-17-3)8-5-9-16/h6-7,10,17H,5,8-9,11H2,1-4H3. The Morgan fingerprint density at radius 2 is 2.05 bits per heavy atom. The lowest BCUT2D eigenvalue weighted by Gasteiger charge is -2.42. The molecule has 2 rings (SSSR count). The SMILES string of the molecule is CNCC1(C(=O)N(C)c2ccc(C)cc2C)CCC1. The quantitative estimate of drug-likeness (QED) is 0.902. The summed E-state index contributed by atoms with van der Waals surface area (Å²) < 4.78 is 0.